The number of nitrogens with two attached hydrogens (primary N) is 1. The Balaban J connectivity index is 2.25. The van der Waals surface area contributed by atoms with E-state index in [1.54, 1.807) is 12.1 Å². The minimum Gasteiger partial charge on any atom is -0.478 e. The second-order valence-electron chi connectivity index (χ2n) is 3.87. The fraction of sp³-hybridized carbons (Fsp3) is 0.333. The summed E-state index contributed by atoms with van der Waals surface area (Å²) in [5.41, 5.74) is 6.46. The number of cyclic esters (lactones) is 1. The van der Waals surface area contributed by atoms with Gasteiger partial charge >= 0.3 is 5.97 Å². The predicted molar refractivity (Wildman–Crippen MR) is 60.9 cm³/mol. The van der Waals surface area contributed by atoms with Crippen LogP contribution in [0.5, 0.6) is 5.75 Å². The molecule has 1 fully saturated rings. The molecule has 0 saturated carbocycles. The summed E-state index contributed by atoms with van der Waals surface area (Å²) < 4.78 is 10.3. The van der Waals surface area contributed by atoms with Gasteiger partial charge in [-0.1, -0.05) is 0 Å². The van der Waals surface area contributed by atoms with Gasteiger partial charge in [-0.3, -0.25) is 4.79 Å². The smallest absolute Gasteiger partial charge is 0.347 e. The highest BCUT2D eigenvalue weighted by Crippen LogP contribution is 2.25. The Morgan fingerprint density at radius 1 is 1.53 bits per heavy atom. The standard InChI is InChI=1S/C12H13NO4/c1-7(14)9-6-8(13)2-3-10(9)17-11-4-5-16-12(11)15/h2-3,6,11H,4-5,13H2,1H3. The molecule has 0 spiro atoms. The summed E-state index contributed by atoms with van der Waals surface area (Å²) >= 11 is 0. The van der Waals surface area contributed by atoms with E-state index in [0.717, 1.165) is 0 Å². The predicted octanol–water partition coefficient (Wildman–Crippen LogP) is 1.17. The lowest BCUT2D eigenvalue weighted by atomic mass is 10.1. The van der Waals surface area contributed by atoms with E-state index in [1.807, 2.05) is 0 Å². The van der Waals surface area contributed by atoms with E-state index < -0.39 is 12.1 Å². The molecule has 1 heterocycles. The number of ether oxygens (including phenoxy) is 2. The summed E-state index contributed by atoms with van der Waals surface area (Å²) in [6, 6.07) is 4.76. The van der Waals surface area contributed by atoms with Gasteiger partial charge in [0.1, 0.15) is 5.75 Å². The van der Waals surface area contributed by atoms with E-state index >= 15 is 0 Å². The van der Waals surface area contributed by atoms with Crippen LogP contribution in [0.3, 0.4) is 0 Å². The third kappa shape index (κ3) is 2.38. The molecule has 17 heavy (non-hydrogen) atoms. The average Bonchev–Trinajstić information content (AvgIpc) is 2.67. The second kappa shape index (κ2) is 4.45. The van der Waals surface area contributed by atoms with Crippen molar-refractivity contribution in [3.8, 4) is 5.75 Å². The van der Waals surface area contributed by atoms with Gasteiger partial charge in [-0.2, -0.15) is 0 Å². The Bertz CT molecular complexity index is 470. The van der Waals surface area contributed by atoms with Crippen LogP contribution in [0.15, 0.2) is 18.2 Å². The van der Waals surface area contributed by atoms with Gasteiger partial charge in [0.05, 0.1) is 12.2 Å². The van der Waals surface area contributed by atoms with E-state index in [4.69, 9.17) is 15.2 Å². The number of Topliss-reactive ketones (excluding diaryl/α,β-unsaturated/α-hetero) is 1. The maximum absolute atomic E-state index is 11.4. The number of anilines is 1. The number of hydrogen-bond acceptors (Lipinski definition) is 5. The largest absolute Gasteiger partial charge is 0.478 e. The van der Waals surface area contributed by atoms with E-state index in [2.05, 4.69) is 0 Å². The molecule has 1 saturated heterocycles. The molecule has 90 valence electrons. The summed E-state index contributed by atoms with van der Waals surface area (Å²) in [4.78, 5) is 22.7. The van der Waals surface area contributed by atoms with Crippen molar-refractivity contribution >= 4 is 17.4 Å². The first-order valence-corrected chi connectivity index (χ1v) is 5.31. The molecule has 5 heteroatoms. The number of carbonyl (C=O) groups excluding carboxylic acids is 2. The zero-order valence-corrected chi connectivity index (χ0v) is 9.43. The molecular formula is C12H13NO4. The van der Waals surface area contributed by atoms with Crippen LogP contribution < -0.4 is 10.5 Å². The highest BCUT2D eigenvalue weighted by Gasteiger charge is 2.29. The van der Waals surface area contributed by atoms with Crippen LogP contribution in [0.25, 0.3) is 0 Å². The zero-order chi connectivity index (χ0) is 12.4. The van der Waals surface area contributed by atoms with Crippen LogP contribution in [0.4, 0.5) is 5.69 Å². The number of benzene rings is 1. The first-order chi connectivity index (χ1) is 8.08. The number of hydrogen-bond donors (Lipinski definition) is 1. The Labute approximate surface area is 98.5 Å². The molecule has 1 unspecified atom stereocenters. The molecular weight excluding hydrogens is 222 g/mol. The Morgan fingerprint density at radius 3 is 2.88 bits per heavy atom. The first kappa shape index (κ1) is 11.4. The molecule has 0 aromatic heterocycles. The number of rotatable bonds is 3. The molecule has 0 bridgehead atoms. The van der Waals surface area contributed by atoms with Crippen molar-refractivity contribution in [2.24, 2.45) is 0 Å². The number of esters is 1. The maximum Gasteiger partial charge on any atom is 0.347 e. The molecule has 1 atom stereocenters. The monoisotopic (exact) mass is 235 g/mol. The van der Waals surface area contributed by atoms with E-state index in [9.17, 15) is 9.59 Å². The fourth-order valence-corrected chi connectivity index (χ4v) is 1.66. The van der Waals surface area contributed by atoms with Crippen LogP contribution in [0.2, 0.25) is 0 Å². The normalized spacial score (nSPS) is 18.9. The Morgan fingerprint density at radius 2 is 2.29 bits per heavy atom. The number of ketones is 1. The molecule has 5 nitrogen and oxygen atoms in total. The van der Waals surface area contributed by atoms with Crippen molar-refractivity contribution in [1.29, 1.82) is 0 Å². The lowest BCUT2D eigenvalue weighted by Crippen LogP contribution is -2.22. The van der Waals surface area contributed by atoms with Gasteiger partial charge in [0.2, 0.25) is 0 Å². The molecule has 2 N–H and O–H groups in total. The van der Waals surface area contributed by atoms with Crippen molar-refractivity contribution in [2.45, 2.75) is 19.4 Å². The molecule has 0 radical (unpaired) electrons. The summed E-state index contributed by atoms with van der Waals surface area (Å²) in [5, 5.41) is 0. The number of nitrogen functional groups attached to an aromatic ring is 1. The minimum absolute atomic E-state index is 0.154. The topological polar surface area (TPSA) is 78.6 Å². The van der Waals surface area contributed by atoms with Gasteiger partial charge in [0.15, 0.2) is 11.9 Å². The van der Waals surface area contributed by atoms with Crippen molar-refractivity contribution < 1.29 is 19.1 Å². The molecule has 1 aliphatic rings. The lowest BCUT2D eigenvalue weighted by Gasteiger charge is -2.13. The van der Waals surface area contributed by atoms with Gasteiger partial charge in [0.25, 0.3) is 0 Å². The van der Waals surface area contributed by atoms with Crippen LogP contribution >= 0.6 is 0 Å². The van der Waals surface area contributed by atoms with Crippen LogP contribution in [-0.4, -0.2) is 24.5 Å². The van der Waals surface area contributed by atoms with Crippen LogP contribution in [0, 0.1) is 0 Å². The van der Waals surface area contributed by atoms with E-state index in [0.29, 0.717) is 30.0 Å². The first-order valence-electron chi connectivity index (χ1n) is 5.31. The summed E-state index contributed by atoms with van der Waals surface area (Å²) in [5.74, 6) is -0.175. The third-order valence-corrected chi connectivity index (χ3v) is 2.54. The van der Waals surface area contributed by atoms with E-state index in [-0.39, 0.29) is 5.78 Å². The summed E-state index contributed by atoms with van der Waals surface area (Å²) in [7, 11) is 0. The second-order valence-corrected chi connectivity index (χ2v) is 3.87. The Kier molecular flexibility index (Phi) is 2.99. The molecule has 1 aliphatic heterocycles. The van der Waals surface area contributed by atoms with Crippen molar-refractivity contribution in [2.75, 3.05) is 12.3 Å². The van der Waals surface area contributed by atoms with Crippen molar-refractivity contribution in [1.82, 2.24) is 0 Å². The molecule has 0 aliphatic carbocycles. The quantitative estimate of drug-likeness (QED) is 0.483. The summed E-state index contributed by atoms with van der Waals surface area (Å²) in [6.45, 7) is 1.78. The fourth-order valence-electron chi connectivity index (χ4n) is 1.66. The maximum atomic E-state index is 11.4. The van der Waals surface area contributed by atoms with Gasteiger partial charge in [0, 0.05) is 12.1 Å². The van der Waals surface area contributed by atoms with E-state index in [1.165, 1.54) is 13.0 Å². The molecule has 1 aromatic carbocycles. The SMILES string of the molecule is CC(=O)c1cc(N)ccc1OC1CCOC1=O. The van der Waals surface area contributed by atoms with Crippen LogP contribution in [-0.2, 0) is 9.53 Å². The highest BCUT2D eigenvalue weighted by molar-refractivity contribution is 5.97. The van der Waals surface area contributed by atoms with Gasteiger partial charge in [-0.25, -0.2) is 4.79 Å². The average molecular weight is 235 g/mol. The number of carbonyl (C=O) groups is 2. The highest BCUT2D eigenvalue weighted by atomic mass is 16.6. The summed E-state index contributed by atoms with van der Waals surface area (Å²) in [6.07, 6.45) is -0.127. The van der Waals surface area contributed by atoms with Gasteiger partial charge in [-0.15, -0.1) is 0 Å². The molecule has 1 aromatic rings. The van der Waals surface area contributed by atoms with Crippen LogP contribution in [0.1, 0.15) is 23.7 Å². The van der Waals surface area contributed by atoms with Gasteiger partial charge in [-0.05, 0) is 25.1 Å². The van der Waals surface area contributed by atoms with Crippen molar-refractivity contribution in [3.63, 3.8) is 0 Å². The lowest BCUT2D eigenvalue weighted by molar-refractivity contribution is -0.143. The Hall–Kier alpha value is -2.04. The zero-order valence-electron chi connectivity index (χ0n) is 9.43. The minimum atomic E-state index is -0.628. The van der Waals surface area contributed by atoms with Crippen molar-refractivity contribution in [3.05, 3.63) is 23.8 Å². The molecule has 0 amide bonds. The molecule has 2 rings (SSSR count). The van der Waals surface area contributed by atoms with Gasteiger partial charge < -0.3 is 15.2 Å². The third-order valence-electron chi connectivity index (χ3n) is 2.54.